The molecule has 0 unspecified atom stereocenters. The Labute approximate surface area is 135 Å². The number of anilines is 1. The number of aryl methyl sites for hydroxylation is 2. The molecule has 0 aliphatic rings. The van der Waals surface area contributed by atoms with Crippen LogP contribution in [0.25, 0.3) is 0 Å². The van der Waals surface area contributed by atoms with E-state index >= 15 is 0 Å². The molecule has 0 saturated carbocycles. The minimum absolute atomic E-state index is 0.191. The lowest BCUT2D eigenvalue weighted by Crippen LogP contribution is -2.30. The largest absolute Gasteiger partial charge is 0.448 e. The number of hydrogen-bond donors (Lipinski definition) is 1. The van der Waals surface area contributed by atoms with Gasteiger partial charge in [0.25, 0.3) is 5.91 Å². The van der Waals surface area contributed by atoms with Crippen LogP contribution >= 0.6 is 11.3 Å². The van der Waals surface area contributed by atoms with Crippen molar-refractivity contribution in [2.45, 2.75) is 26.9 Å². The van der Waals surface area contributed by atoms with Gasteiger partial charge in [0.1, 0.15) is 16.5 Å². The third-order valence-electron chi connectivity index (χ3n) is 2.93. The number of thiazole rings is 1. The van der Waals surface area contributed by atoms with Crippen LogP contribution in [0.4, 0.5) is 14.5 Å². The van der Waals surface area contributed by atoms with Crippen LogP contribution in [0.5, 0.6) is 0 Å². The van der Waals surface area contributed by atoms with Gasteiger partial charge in [0, 0.05) is 6.07 Å². The van der Waals surface area contributed by atoms with Crippen molar-refractivity contribution in [2.75, 3.05) is 5.32 Å². The topological polar surface area (TPSA) is 68.3 Å². The highest BCUT2D eigenvalue weighted by Crippen LogP contribution is 2.19. The van der Waals surface area contributed by atoms with Crippen molar-refractivity contribution < 1.29 is 23.1 Å². The summed E-state index contributed by atoms with van der Waals surface area (Å²) in [6.45, 7) is 4.78. The molecule has 1 atom stereocenters. The highest BCUT2D eigenvalue weighted by Gasteiger charge is 2.23. The first-order valence-electron chi connectivity index (χ1n) is 6.69. The number of carbonyl (C=O) groups excluding carboxylic acids is 2. The Morgan fingerprint density at radius 3 is 2.57 bits per heavy atom. The summed E-state index contributed by atoms with van der Waals surface area (Å²) in [6.07, 6.45) is -1.14. The number of nitrogens with zero attached hydrogens (tertiary/aromatic N) is 1. The minimum Gasteiger partial charge on any atom is -0.448 e. The molecule has 1 N–H and O–H groups in total. The first-order valence-corrected chi connectivity index (χ1v) is 7.50. The molecule has 122 valence electrons. The lowest BCUT2D eigenvalue weighted by molar-refractivity contribution is -0.123. The number of ether oxygens (including phenoxy) is 1. The van der Waals surface area contributed by atoms with Crippen LogP contribution < -0.4 is 5.32 Å². The van der Waals surface area contributed by atoms with Crippen molar-refractivity contribution in [1.82, 2.24) is 4.98 Å². The van der Waals surface area contributed by atoms with Crippen LogP contribution in [0, 0.1) is 25.5 Å². The minimum atomic E-state index is -1.14. The van der Waals surface area contributed by atoms with Crippen LogP contribution in [0.3, 0.4) is 0 Å². The molecule has 0 radical (unpaired) electrons. The maximum atomic E-state index is 13.5. The number of hydrogen-bond acceptors (Lipinski definition) is 5. The standard InChI is InChI=1S/C15H14F2N2O3S/c1-7-13(23-9(3)18-7)15(21)22-8(2)14(20)19-12-5-4-10(16)6-11(12)17/h4-6,8H,1-3H3,(H,19,20)/t8-/m1/s1. The molecule has 5 nitrogen and oxygen atoms in total. The van der Waals surface area contributed by atoms with Crippen molar-refractivity contribution >= 4 is 28.9 Å². The van der Waals surface area contributed by atoms with Gasteiger partial charge >= 0.3 is 5.97 Å². The SMILES string of the molecule is Cc1nc(C)c(C(=O)O[C@H](C)C(=O)Nc2ccc(F)cc2F)s1. The fraction of sp³-hybridized carbons (Fsp3) is 0.267. The van der Waals surface area contributed by atoms with Crippen molar-refractivity contribution in [2.24, 2.45) is 0 Å². The molecule has 2 rings (SSSR count). The lowest BCUT2D eigenvalue weighted by Gasteiger charge is -2.13. The normalized spacial score (nSPS) is 11.9. The smallest absolute Gasteiger partial charge is 0.351 e. The third kappa shape index (κ3) is 4.10. The summed E-state index contributed by atoms with van der Waals surface area (Å²) >= 11 is 1.17. The van der Waals surface area contributed by atoms with Gasteiger partial charge in [-0.3, -0.25) is 4.79 Å². The third-order valence-corrected chi connectivity index (χ3v) is 3.98. The van der Waals surface area contributed by atoms with E-state index in [1.807, 2.05) is 0 Å². The molecule has 1 aromatic heterocycles. The Hall–Kier alpha value is -2.35. The zero-order valence-electron chi connectivity index (χ0n) is 12.6. The van der Waals surface area contributed by atoms with Crippen molar-refractivity contribution in [1.29, 1.82) is 0 Å². The number of halogens is 2. The van der Waals surface area contributed by atoms with Gasteiger partial charge in [0.05, 0.1) is 16.4 Å². The molecular weight excluding hydrogens is 326 g/mol. The Bertz CT molecular complexity index is 761. The predicted octanol–water partition coefficient (Wildman–Crippen LogP) is 3.22. The van der Waals surface area contributed by atoms with Crippen molar-refractivity contribution in [3.63, 3.8) is 0 Å². The van der Waals surface area contributed by atoms with Crippen LogP contribution in [0.2, 0.25) is 0 Å². The van der Waals surface area contributed by atoms with E-state index in [4.69, 9.17) is 4.74 Å². The quantitative estimate of drug-likeness (QED) is 0.868. The maximum Gasteiger partial charge on any atom is 0.351 e. The maximum absolute atomic E-state index is 13.5. The molecule has 1 amide bonds. The zero-order valence-corrected chi connectivity index (χ0v) is 13.5. The second-order valence-electron chi connectivity index (χ2n) is 4.81. The monoisotopic (exact) mass is 340 g/mol. The molecule has 8 heteroatoms. The van der Waals surface area contributed by atoms with Gasteiger partial charge in [-0.1, -0.05) is 0 Å². The van der Waals surface area contributed by atoms with E-state index in [-0.39, 0.29) is 5.69 Å². The lowest BCUT2D eigenvalue weighted by atomic mass is 10.2. The van der Waals surface area contributed by atoms with E-state index in [9.17, 15) is 18.4 Å². The number of nitrogens with one attached hydrogen (secondary N) is 1. The van der Waals surface area contributed by atoms with Gasteiger partial charge in [0.15, 0.2) is 6.10 Å². The average molecular weight is 340 g/mol. The molecule has 23 heavy (non-hydrogen) atoms. The van der Waals surface area contributed by atoms with Gasteiger partial charge in [-0.2, -0.15) is 0 Å². The summed E-state index contributed by atoms with van der Waals surface area (Å²) in [5, 5.41) is 2.95. The molecule has 0 aliphatic heterocycles. The van der Waals surface area contributed by atoms with E-state index in [1.165, 1.54) is 18.3 Å². The first kappa shape index (κ1) is 17.0. The Morgan fingerprint density at radius 1 is 1.30 bits per heavy atom. The number of rotatable bonds is 4. The summed E-state index contributed by atoms with van der Waals surface area (Å²) in [5.74, 6) is -3.06. The number of carbonyl (C=O) groups is 2. The van der Waals surface area contributed by atoms with Crippen LogP contribution in [-0.4, -0.2) is 23.0 Å². The molecule has 0 bridgehead atoms. The highest BCUT2D eigenvalue weighted by atomic mass is 32.1. The molecular formula is C15H14F2N2O3S. The van der Waals surface area contributed by atoms with Gasteiger partial charge < -0.3 is 10.1 Å². The average Bonchev–Trinajstić information content (AvgIpc) is 2.80. The molecule has 2 aromatic rings. The second-order valence-corrected chi connectivity index (χ2v) is 6.01. The van der Waals surface area contributed by atoms with Gasteiger partial charge in [-0.05, 0) is 32.9 Å². The van der Waals surface area contributed by atoms with Gasteiger partial charge in [-0.15, -0.1) is 11.3 Å². The van der Waals surface area contributed by atoms with Gasteiger partial charge in [0.2, 0.25) is 0 Å². The number of aromatic nitrogens is 1. The molecule has 1 aromatic carbocycles. The Morgan fingerprint density at radius 2 is 2.00 bits per heavy atom. The summed E-state index contributed by atoms with van der Waals surface area (Å²) in [5.41, 5.74) is 0.332. The summed E-state index contributed by atoms with van der Waals surface area (Å²) in [6, 6.07) is 2.75. The second kappa shape index (κ2) is 6.82. The molecule has 0 spiro atoms. The number of amides is 1. The molecule has 1 heterocycles. The first-order chi connectivity index (χ1) is 10.8. The fourth-order valence-corrected chi connectivity index (χ4v) is 2.62. The number of esters is 1. The van der Waals surface area contributed by atoms with E-state index in [1.54, 1.807) is 13.8 Å². The van der Waals surface area contributed by atoms with Crippen LogP contribution in [0.15, 0.2) is 18.2 Å². The van der Waals surface area contributed by atoms with E-state index < -0.39 is 29.6 Å². The van der Waals surface area contributed by atoms with Crippen LogP contribution in [-0.2, 0) is 9.53 Å². The van der Waals surface area contributed by atoms with E-state index in [0.29, 0.717) is 21.6 Å². The van der Waals surface area contributed by atoms with Gasteiger partial charge in [-0.25, -0.2) is 18.6 Å². The fourth-order valence-electron chi connectivity index (χ4n) is 1.81. The Balaban J connectivity index is 2.02. The van der Waals surface area contributed by atoms with E-state index in [2.05, 4.69) is 10.3 Å². The molecule has 0 fully saturated rings. The summed E-state index contributed by atoms with van der Waals surface area (Å²) in [7, 11) is 0. The van der Waals surface area contributed by atoms with Crippen molar-refractivity contribution in [3.05, 3.63) is 45.4 Å². The zero-order chi connectivity index (χ0) is 17.1. The number of benzene rings is 1. The summed E-state index contributed by atoms with van der Waals surface area (Å²) in [4.78, 5) is 28.4. The van der Waals surface area contributed by atoms with Crippen LogP contribution in [0.1, 0.15) is 27.3 Å². The highest BCUT2D eigenvalue weighted by molar-refractivity contribution is 7.13. The summed E-state index contributed by atoms with van der Waals surface area (Å²) < 4.78 is 31.4. The molecule has 0 aliphatic carbocycles. The predicted molar refractivity (Wildman–Crippen MR) is 81.5 cm³/mol. The van der Waals surface area contributed by atoms with E-state index in [0.717, 1.165) is 12.1 Å². The Kier molecular flexibility index (Phi) is 5.05. The van der Waals surface area contributed by atoms with Crippen molar-refractivity contribution in [3.8, 4) is 0 Å². The molecule has 0 saturated heterocycles.